The minimum Gasteiger partial charge on any atom is -0.497 e. The van der Waals surface area contributed by atoms with E-state index < -0.39 is 16.1 Å². The van der Waals surface area contributed by atoms with Crippen molar-refractivity contribution in [3.63, 3.8) is 0 Å². The lowest BCUT2D eigenvalue weighted by Crippen LogP contribution is -2.50. The van der Waals surface area contributed by atoms with Crippen LogP contribution in [-0.2, 0) is 14.8 Å². The number of nitrogens with zero attached hydrogens (tertiary/aromatic N) is 4. The molecule has 2 aromatic rings. The van der Waals surface area contributed by atoms with Crippen molar-refractivity contribution in [2.75, 3.05) is 51.2 Å². The molecule has 2 heterocycles. The molecular weight excluding hydrogens is 436 g/mol. The molecule has 1 aromatic carbocycles. The molecule has 0 aliphatic carbocycles. The Balaban J connectivity index is 1.73. The lowest BCUT2D eigenvalue weighted by molar-refractivity contribution is 0.0566. The molecule has 1 saturated heterocycles. The number of carbonyl (C=O) groups is 2. The third kappa shape index (κ3) is 4.93. The minimum atomic E-state index is -3.84. The standard InChI is InChI=1S/C21H26N4O6S/c1-4-31-21(27)25-13-11-24(12-14-25)20(26)19-15-16(9-10-22-19)23(2)32(28,29)18-7-5-17(30-3)6-8-18/h5-10,15H,4,11-14H2,1-3H3. The van der Waals surface area contributed by atoms with E-state index in [1.54, 1.807) is 28.9 Å². The van der Waals surface area contributed by atoms with Crippen molar-refractivity contribution in [3.8, 4) is 5.75 Å². The predicted molar refractivity (Wildman–Crippen MR) is 117 cm³/mol. The summed E-state index contributed by atoms with van der Waals surface area (Å²) in [6, 6.07) is 9.02. The van der Waals surface area contributed by atoms with Crippen LogP contribution in [0.2, 0.25) is 0 Å². The molecule has 11 heteroatoms. The van der Waals surface area contributed by atoms with Crippen LogP contribution >= 0.6 is 0 Å². The third-order valence-electron chi connectivity index (χ3n) is 5.14. The van der Waals surface area contributed by atoms with E-state index in [0.717, 1.165) is 4.31 Å². The van der Waals surface area contributed by atoms with Crippen molar-refractivity contribution >= 4 is 27.7 Å². The number of piperazine rings is 1. The van der Waals surface area contributed by atoms with Crippen LogP contribution in [0.1, 0.15) is 17.4 Å². The molecule has 172 valence electrons. The highest BCUT2D eigenvalue weighted by atomic mass is 32.2. The Bertz CT molecular complexity index is 1070. The van der Waals surface area contributed by atoms with Gasteiger partial charge in [-0.2, -0.15) is 0 Å². The van der Waals surface area contributed by atoms with Crippen LogP contribution in [0.4, 0.5) is 10.5 Å². The molecule has 2 amide bonds. The third-order valence-corrected chi connectivity index (χ3v) is 6.94. The number of benzene rings is 1. The Labute approximate surface area is 187 Å². The Morgan fingerprint density at radius 1 is 1.06 bits per heavy atom. The fourth-order valence-electron chi connectivity index (χ4n) is 3.25. The molecular formula is C21H26N4O6S. The van der Waals surface area contributed by atoms with Crippen molar-refractivity contribution in [1.82, 2.24) is 14.8 Å². The molecule has 1 fully saturated rings. The van der Waals surface area contributed by atoms with Crippen LogP contribution in [0.3, 0.4) is 0 Å². The monoisotopic (exact) mass is 462 g/mol. The van der Waals surface area contributed by atoms with Gasteiger partial charge in [0.05, 0.1) is 24.3 Å². The highest BCUT2D eigenvalue weighted by Gasteiger charge is 2.27. The molecule has 0 bridgehead atoms. The normalized spacial score (nSPS) is 14.1. The minimum absolute atomic E-state index is 0.0978. The summed E-state index contributed by atoms with van der Waals surface area (Å²) in [5.41, 5.74) is 0.438. The molecule has 3 rings (SSSR count). The Kier molecular flexibility index (Phi) is 7.18. The SMILES string of the molecule is CCOC(=O)N1CCN(C(=O)c2cc(N(C)S(=O)(=O)c3ccc(OC)cc3)ccn2)CC1. The second-order valence-corrected chi connectivity index (χ2v) is 8.99. The molecule has 1 aromatic heterocycles. The molecule has 1 aliphatic heterocycles. The number of hydrogen-bond donors (Lipinski definition) is 0. The van der Waals surface area contributed by atoms with E-state index in [2.05, 4.69) is 4.98 Å². The van der Waals surface area contributed by atoms with Crippen LogP contribution in [-0.4, -0.2) is 82.1 Å². The number of carbonyl (C=O) groups excluding carboxylic acids is 2. The van der Waals surface area contributed by atoms with E-state index in [1.165, 1.54) is 44.6 Å². The van der Waals surface area contributed by atoms with Crippen LogP contribution in [0.5, 0.6) is 5.75 Å². The van der Waals surface area contributed by atoms with Gasteiger partial charge in [-0.3, -0.25) is 14.1 Å². The second kappa shape index (κ2) is 9.86. The predicted octanol–water partition coefficient (Wildman–Crippen LogP) is 1.83. The van der Waals surface area contributed by atoms with Crippen molar-refractivity contribution < 1.29 is 27.5 Å². The zero-order chi connectivity index (χ0) is 23.3. The summed E-state index contributed by atoms with van der Waals surface area (Å²) in [4.78, 5) is 32.1. The maximum atomic E-state index is 13.0. The number of amides is 2. The fourth-order valence-corrected chi connectivity index (χ4v) is 4.43. The number of rotatable bonds is 6. The highest BCUT2D eigenvalue weighted by molar-refractivity contribution is 7.92. The number of hydrogen-bond acceptors (Lipinski definition) is 7. The van der Waals surface area contributed by atoms with Gasteiger partial charge in [-0.1, -0.05) is 0 Å². The molecule has 10 nitrogen and oxygen atoms in total. The quantitative estimate of drug-likeness (QED) is 0.644. The smallest absolute Gasteiger partial charge is 0.409 e. The number of ether oxygens (including phenoxy) is 2. The van der Waals surface area contributed by atoms with Crippen LogP contribution < -0.4 is 9.04 Å². The van der Waals surface area contributed by atoms with Gasteiger partial charge in [-0.25, -0.2) is 13.2 Å². The van der Waals surface area contributed by atoms with Gasteiger partial charge < -0.3 is 19.3 Å². The lowest BCUT2D eigenvalue weighted by atomic mass is 10.2. The number of anilines is 1. The van der Waals surface area contributed by atoms with Crippen LogP contribution in [0.25, 0.3) is 0 Å². The molecule has 0 spiro atoms. The molecule has 0 unspecified atom stereocenters. The van der Waals surface area contributed by atoms with Gasteiger partial charge in [-0.15, -0.1) is 0 Å². The topological polar surface area (TPSA) is 109 Å². The first kappa shape index (κ1) is 23.3. The van der Waals surface area contributed by atoms with E-state index in [4.69, 9.17) is 9.47 Å². The lowest BCUT2D eigenvalue weighted by Gasteiger charge is -2.33. The zero-order valence-corrected chi connectivity index (χ0v) is 19.0. The van der Waals surface area contributed by atoms with Crippen LogP contribution in [0.15, 0.2) is 47.5 Å². The van der Waals surface area contributed by atoms with E-state index in [0.29, 0.717) is 44.2 Å². The average Bonchev–Trinajstić information content (AvgIpc) is 2.83. The first-order chi connectivity index (χ1) is 15.3. The molecule has 0 atom stereocenters. The molecule has 1 aliphatic rings. The average molecular weight is 463 g/mol. The van der Waals surface area contributed by atoms with Crippen LogP contribution in [0, 0.1) is 0 Å². The van der Waals surface area contributed by atoms with Gasteiger partial charge in [0.1, 0.15) is 11.4 Å². The summed E-state index contributed by atoms with van der Waals surface area (Å²) in [7, 11) is -0.920. The molecule has 0 saturated carbocycles. The second-order valence-electron chi connectivity index (χ2n) is 7.03. The summed E-state index contributed by atoms with van der Waals surface area (Å²) in [5.74, 6) is 0.219. The van der Waals surface area contributed by atoms with E-state index in [1.807, 2.05) is 0 Å². The maximum Gasteiger partial charge on any atom is 0.409 e. The Morgan fingerprint density at radius 2 is 1.69 bits per heavy atom. The van der Waals surface area contributed by atoms with Gasteiger partial charge in [0, 0.05) is 39.4 Å². The summed E-state index contributed by atoms with van der Waals surface area (Å²) < 4.78 is 37.1. The number of pyridine rings is 1. The largest absolute Gasteiger partial charge is 0.497 e. The maximum absolute atomic E-state index is 13.0. The fraction of sp³-hybridized carbons (Fsp3) is 0.381. The number of aromatic nitrogens is 1. The van der Waals surface area contributed by atoms with Crippen molar-refractivity contribution in [1.29, 1.82) is 0 Å². The van der Waals surface area contributed by atoms with Crippen molar-refractivity contribution in [2.45, 2.75) is 11.8 Å². The van der Waals surface area contributed by atoms with Gasteiger partial charge in [-0.05, 0) is 43.3 Å². The van der Waals surface area contributed by atoms with Crippen molar-refractivity contribution in [3.05, 3.63) is 48.3 Å². The van der Waals surface area contributed by atoms with E-state index in [9.17, 15) is 18.0 Å². The zero-order valence-electron chi connectivity index (χ0n) is 18.2. The van der Waals surface area contributed by atoms with Gasteiger partial charge in [0.15, 0.2) is 0 Å². The molecule has 32 heavy (non-hydrogen) atoms. The van der Waals surface area contributed by atoms with Gasteiger partial charge in [0.2, 0.25) is 0 Å². The van der Waals surface area contributed by atoms with E-state index >= 15 is 0 Å². The summed E-state index contributed by atoms with van der Waals surface area (Å²) in [6.45, 7) is 3.42. The van der Waals surface area contributed by atoms with E-state index in [-0.39, 0.29) is 16.5 Å². The molecule has 0 N–H and O–H groups in total. The highest BCUT2D eigenvalue weighted by Crippen LogP contribution is 2.24. The first-order valence-corrected chi connectivity index (χ1v) is 11.5. The summed E-state index contributed by atoms with van der Waals surface area (Å²) in [5, 5.41) is 0. The number of methoxy groups -OCH3 is 1. The Hall–Kier alpha value is -3.34. The summed E-state index contributed by atoms with van der Waals surface area (Å²) >= 11 is 0. The summed E-state index contributed by atoms with van der Waals surface area (Å²) in [6.07, 6.45) is 1.00. The Morgan fingerprint density at radius 3 is 2.28 bits per heavy atom. The van der Waals surface area contributed by atoms with Gasteiger partial charge in [0.25, 0.3) is 15.9 Å². The van der Waals surface area contributed by atoms with Gasteiger partial charge >= 0.3 is 6.09 Å². The van der Waals surface area contributed by atoms with Crippen molar-refractivity contribution in [2.24, 2.45) is 0 Å². The first-order valence-electron chi connectivity index (χ1n) is 10.1. The number of sulfonamides is 1. The molecule has 0 radical (unpaired) electrons.